The van der Waals surface area contributed by atoms with Gasteiger partial charge in [-0.1, -0.05) is 24.3 Å². The molecule has 0 aliphatic rings. The Morgan fingerprint density at radius 1 is 1.36 bits per heavy atom. The largest absolute Gasteiger partial charge is 0.493 e. The molecule has 0 bridgehead atoms. The van der Waals surface area contributed by atoms with Gasteiger partial charge < -0.3 is 19.9 Å². The smallest absolute Gasteiger partial charge is 0.220 e. The molecule has 1 aromatic heterocycles. The quantitative estimate of drug-likeness (QED) is 0.385. The summed E-state index contributed by atoms with van der Waals surface area (Å²) in [4.78, 5) is 1.48. The normalized spacial score (nSPS) is 11.5. The first-order valence-corrected chi connectivity index (χ1v) is 8.97. The van der Waals surface area contributed by atoms with Crippen molar-refractivity contribution in [2.24, 2.45) is 10.2 Å². The molecule has 0 fully saturated rings. The number of hydrogen-bond acceptors (Lipinski definition) is 3. The van der Waals surface area contributed by atoms with Gasteiger partial charge in [0, 0.05) is 11.9 Å². The van der Waals surface area contributed by atoms with Crippen LogP contribution in [0, 0.1) is 0 Å². The number of benzene rings is 1. The minimum Gasteiger partial charge on any atom is -0.493 e. The third kappa shape index (κ3) is 4.64. The van der Waals surface area contributed by atoms with Crippen LogP contribution in [0.25, 0.3) is 10.9 Å². The Morgan fingerprint density at radius 2 is 2.08 bits per heavy atom. The van der Waals surface area contributed by atoms with Crippen LogP contribution in [0.5, 0.6) is 5.88 Å². The van der Waals surface area contributed by atoms with Crippen molar-refractivity contribution >= 4 is 33.9 Å². The van der Waals surface area contributed by atoms with Crippen LogP contribution in [0.1, 0.15) is 13.8 Å². The van der Waals surface area contributed by atoms with Gasteiger partial charge in [0.2, 0.25) is 11.0 Å². The van der Waals surface area contributed by atoms with Gasteiger partial charge in [0.1, 0.15) is 0 Å². The number of azo groups is 1. The molecule has 7 heteroatoms. The zero-order chi connectivity index (χ0) is 18.2. The van der Waals surface area contributed by atoms with Gasteiger partial charge in [-0.25, -0.2) is 0 Å². The molecule has 0 radical (unpaired) electrons. The van der Waals surface area contributed by atoms with E-state index < -0.39 is 0 Å². The van der Waals surface area contributed by atoms with Crippen LogP contribution in [0.2, 0.25) is 0 Å². The van der Waals surface area contributed by atoms with E-state index in [1.54, 1.807) is 6.08 Å². The first-order valence-electron chi connectivity index (χ1n) is 8.56. The summed E-state index contributed by atoms with van der Waals surface area (Å²) in [6.07, 6.45) is 1.70. The Balaban J connectivity index is 2.31. The Kier molecular flexibility index (Phi) is 7.09. The standard InChI is InChI=1S/C18H25N5OS/c1-4-11-19-18(25)21-20-16-14-9-7-8-10-15(14)23(17(16)24)13-12-22(5-2)6-3/h4,7-10,24H,1,5-6,11-13H2,2-3H3,(H,19,25)/p+1. The SMILES string of the molecule is C=CCNC(=S)N=Nc1c(O)n(CC[NH+](CC)CC)c2ccccc12. The van der Waals surface area contributed by atoms with E-state index in [4.69, 9.17) is 12.2 Å². The van der Waals surface area contributed by atoms with Crippen molar-refractivity contribution in [2.75, 3.05) is 26.2 Å². The fourth-order valence-corrected chi connectivity index (χ4v) is 2.88. The summed E-state index contributed by atoms with van der Waals surface area (Å²) in [5, 5.41) is 22.9. The lowest BCUT2D eigenvalue weighted by atomic mass is 10.2. The second kappa shape index (κ2) is 9.29. The van der Waals surface area contributed by atoms with Crippen molar-refractivity contribution in [1.82, 2.24) is 9.88 Å². The number of hydrogen-bond donors (Lipinski definition) is 3. The maximum absolute atomic E-state index is 10.7. The number of rotatable bonds is 8. The van der Waals surface area contributed by atoms with Crippen molar-refractivity contribution in [3.05, 3.63) is 36.9 Å². The molecule has 0 unspecified atom stereocenters. The highest BCUT2D eigenvalue weighted by molar-refractivity contribution is 7.80. The Labute approximate surface area is 153 Å². The highest BCUT2D eigenvalue weighted by Gasteiger charge is 2.17. The molecule has 0 spiro atoms. The maximum atomic E-state index is 10.7. The summed E-state index contributed by atoms with van der Waals surface area (Å²) in [5.74, 6) is 0.128. The van der Waals surface area contributed by atoms with Crippen LogP contribution >= 0.6 is 12.2 Å². The minimum absolute atomic E-state index is 0.128. The van der Waals surface area contributed by atoms with Crippen molar-refractivity contribution in [2.45, 2.75) is 20.4 Å². The molecule has 1 aromatic carbocycles. The molecular formula is C18H26N5OS+. The molecule has 0 amide bonds. The molecule has 134 valence electrons. The molecule has 0 aliphatic heterocycles. The number of likely N-dealkylation sites (N-methyl/N-ethyl adjacent to an activating group) is 1. The lowest BCUT2D eigenvalue weighted by Crippen LogP contribution is -3.11. The zero-order valence-corrected chi connectivity index (χ0v) is 15.6. The van der Waals surface area contributed by atoms with Gasteiger partial charge in [0.15, 0.2) is 5.69 Å². The van der Waals surface area contributed by atoms with Crippen molar-refractivity contribution in [3.63, 3.8) is 0 Å². The third-order valence-corrected chi connectivity index (χ3v) is 4.47. The van der Waals surface area contributed by atoms with Gasteiger partial charge in [-0.05, 0) is 32.1 Å². The highest BCUT2D eigenvalue weighted by atomic mass is 32.1. The lowest BCUT2D eigenvalue weighted by molar-refractivity contribution is -0.897. The number of thiocarbonyl (C=S) groups is 1. The number of quaternary nitrogens is 1. The first-order chi connectivity index (χ1) is 12.1. The first kappa shape index (κ1) is 19.1. The van der Waals surface area contributed by atoms with E-state index in [9.17, 15) is 5.11 Å². The molecule has 0 aliphatic carbocycles. The summed E-state index contributed by atoms with van der Waals surface area (Å²) < 4.78 is 1.90. The molecule has 0 saturated carbocycles. The molecule has 3 N–H and O–H groups in total. The van der Waals surface area contributed by atoms with Crippen LogP contribution in [0.4, 0.5) is 5.69 Å². The number of fused-ring (bicyclic) bond motifs is 1. The summed E-state index contributed by atoms with van der Waals surface area (Å²) in [6.45, 7) is 12.3. The molecule has 0 saturated heterocycles. The fraction of sp³-hybridized carbons (Fsp3) is 0.389. The van der Waals surface area contributed by atoms with Gasteiger partial charge in [-0.15, -0.1) is 16.8 Å². The van der Waals surface area contributed by atoms with Crippen LogP contribution in [-0.4, -0.2) is 41.0 Å². The average Bonchev–Trinajstić information content (AvgIpc) is 2.90. The molecule has 2 aromatic rings. The fourth-order valence-electron chi connectivity index (χ4n) is 2.76. The van der Waals surface area contributed by atoms with E-state index in [2.05, 4.69) is 36.0 Å². The molecular weight excluding hydrogens is 334 g/mol. The van der Waals surface area contributed by atoms with Crippen LogP contribution in [-0.2, 0) is 6.54 Å². The number of nitrogens with zero attached hydrogens (tertiary/aromatic N) is 3. The second-order valence-corrected chi connectivity index (χ2v) is 6.11. The molecule has 1 heterocycles. The van der Waals surface area contributed by atoms with Crippen molar-refractivity contribution < 1.29 is 10.0 Å². The topological polar surface area (TPSA) is 66.4 Å². The van der Waals surface area contributed by atoms with Crippen molar-refractivity contribution in [3.8, 4) is 5.88 Å². The number of para-hydroxylation sites is 1. The van der Waals surface area contributed by atoms with E-state index in [1.165, 1.54) is 4.90 Å². The molecule has 25 heavy (non-hydrogen) atoms. The van der Waals surface area contributed by atoms with Crippen LogP contribution in [0.3, 0.4) is 0 Å². The monoisotopic (exact) mass is 360 g/mol. The Bertz CT molecular complexity index is 764. The summed E-state index contributed by atoms with van der Waals surface area (Å²) in [7, 11) is 0. The number of aromatic hydroxyl groups is 1. The van der Waals surface area contributed by atoms with E-state index in [1.807, 2.05) is 28.8 Å². The van der Waals surface area contributed by atoms with E-state index in [-0.39, 0.29) is 11.0 Å². The van der Waals surface area contributed by atoms with Gasteiger partial charge in [0.25, 0.3) is 0 Å². The van der Waals surface area contributed by atoms with E-state index >= 15 is 0 Å². The Hall–Kier alpha value is -2.25. The number of aromatic nitrogens is 1. The van der Waals surface area contributed by atoms with Gasteiger partial charge >= 0.3 is 0 Å². The predicted molar refractivity (Wildman–Crippen MR) is 106 cm³/mol. The second-order valence-electron chi connectivity index (χ2n) is 5.72. The van der Waals surface area contributed by atoms with E-state index in [0.29, 0.717) is 12.2 Å². The van der Waals surface area contributed by atoms with Crippen molar-refractivity contribution in [1.29, 1.82) is 0 Å². The average molecular weight is 361 g/mol. The van der Waals surface area contributed by atoms with Gasteiger partial charge in [-0.3, -0.25) is 0 Å². The summed E-state index contributed by atoms with van der Waals surface area (Å²) in [6, 6.07) is 7.80. The summed E-state index contributed by atoms with van der Waals surface area (Å²) >= 11 is 5.10. The molecule has 0 atom stereocenters. The van der Waals surface area contributed by atoms with Crippen LogP contribution < -0.4 is 10.2 Å². The minimum atomic E-state index is 0.128. The highest BCUT2D eigenvalue weighted by Crippen LogP contribution is 2.38. The Morgan fingerprint density at radius 3 is 2.76 bits per heavy atom. The van der Waals surface area contributed by atoms with E-state index in [0.717, 1.165) is 37.1 Å². The summed E-state index contributed by atoms with van der Waals surface area (Å²) in [5.41, 5.74) is 1.40. The van der Waals surface area contributed by atoms with Crippen LogP contribution in [0.15, 0.2) is 47.1 Å². The zero-order valence-electron chi connectivity index (χ0n) is 14.8. The third-order valence-electron chi connectivity index (χ3n) is 4.24. The molecule has 6 nitrogen and oxygen atoms in total. The van der Waals surface area contributed by atoms with Gasteiger partial charge in [0.05, 0.1) is 31.7 Å². The van der Waals surface area contributed by atoms with Gasteiger partial charge in [-0.2, -0.15) is 0 Å². The number of nitrogens with one attached hydrogen (secondary N) is 2. The maximum Gasteiger partial charge on any atom is 0.220 e. The predicted octanol–water partition coefficient (Wildman–Crippen LogP) is 2.42. The molecule has 2 rings (SSSR count). The lowest BCUT2D eigenvalue weighted by Gasteiger charge is -2.16.